The van der Waals surface area contributed by atoms with Crippen molar-refractivity contribution in [1.82, 2.24) is 0 Å². The average Bonchev–Trinajstić information content (AvgIpc) is 2.19. The first-order chi connectivity index (χ1) is 6.18. The smallest absolute Gasteiger partial charge is 0.307 e. The Bertz CT molecular complexity index is 280. The van der Waals surface area contributed by atoms with Crippen LogP contribution in [-0.4, -0.2) is 11.1 Å². The third-order valence-electron chi connectivity index (χ3n) is 3.49. The van der Waals surface area contributed by atoms with E-state index in [2.05, 4.69) is 18.7 Å². The molecule has 3 aliphatic carbocycles. The molecule has 0 spiro atoms. The van der Waals surface area contributed by atoms with Crippen LogP contribution in [0.1, 0.15) is 19.3 Å². The fourth-order valence-corrected chi connectivity index (χ4v) is 2.58. The van der Waals surface area contributed by atoms with Gasteiger partial charge in [-0.15, -0.1) is 6.58 Å². The van der Waals surface area contributed by atoms with Gasteiger partial charge in [0, 0.05) is 5.41 Å². The second-order valence-corrected chi connectivity index (χ2v) is 4.10. The summed E-state index contributed by atoms with van der Waals surface area (Å²) in [6.07, 6.45) is 8.89. The Labute approximate surface area is 78.0 Å². The highest BCUT2D eigenvalue weighted by Gasteiger charge is 2.46. The van der Waals surface area contributed by atoms with Crippen LogP contribution in [0, 0.1) is 17.3 Å². The highest BCUT2D eigenvalue weighted by molar-refractivity contribution is 5.72. The summed E-state index contributed by atoms with van der Waals surface area (Å²) in [6.45, 7) is 3.77. The number of allylic oxidation sites excluding steroid dienone is 3. The third-order valence-corrected chi connectivity index (χ3v) is 3.49. The highest BCUT2D eigenvalue weighted by atomic mass is 16.4. The van der Waals surface area contributed by atoms with E-state index in [0.29, 0.717) is 5.92 Å². The van der Waals surface area contributed by atoms with Crippen LogP contribution in [0.3, 0.4) is 0 Å². The maximum atomic E-state index is 11.0. The van der Waals surface area contributed by atoms with Crippen LogP contribution in [0.15, 0.2) is 24.8 Å². The second-order valence-electron chi connectivity index (χ2n) is 4.10. The normalized spacial score (nSPS) is 41.8. The summed E-state index contributed by atoms with van der Waals surface area (Å²) < 4.78 is 0. The monoisotopic (exact) mass is 178 g/mol. The number of hydrogen-bond donors (Lipinski definition) is 1. The van der Waals surface area contributed by atoms with Gasteiger partial charge in [-0.3, -0.25) is 4.79 Å². The second kappa shape index (κ2) is 2.72. The van der Waals surface area contributed by atoms with E-state index in [1.165, 1.54) is 0 Å². The van der Waals surface area contributed by atoms with Crippen LogP contribution in [0.4, 0.5) is 0 Å². The lowest BCUT2D eigenvalue weighted by Gasteiger charge is -2.44. The Hall–Kier alpha value is -1.05. The van der Waals surface area contributed by atoms with E-state index in [1.807, 2.05) is 6.08 Å². The molecule has 1 saturated carbocycles. The van der Waals surface area contributed by atoms with Gasteiger partial charge in [-0.05, 0) is 25.2 Å². The van der Waals surface area contributed by atoms with Crippen molar-refractivity contribution < 1.29 is 9.90 Å². The molecule has 0 amide bonds. The minimum atomic E-state index is -0.672. The first-order valence-electron chi connectivity index (χ1n) is 4.74. The summed E-state index contributed by atoms with van der Waals surface area (Å²) in [4.78, 5) is 11.0. The summed E-state index contributed by atoms with van der Waals surface area (Å²) in [5.74, 6) is -0.425. The first-order valence-corrected chi connectivity index (χ1v) is 4.74. The molecule has 70 valence electrons. The summed E-state index contributed by atoms with van der Waals surface area (Å²) >= 11 is 0. The van der Waals surface area contributed by atoms with E-state index in [4.69, 9.17) is 5.11 Å². The molecule has 3 atom stereocenters. The van der Waals surface area contributed by atoms with Gasteiger partial charge in [0.25, 0.3) is 0 Å². The number of hydrogen-bond acceptors (Lipinski definition) is 1. The van der Waals surface area contributed by atoms with Crippen molar-refractivity contribution in [2.75, 3.05) is 0 Å². The summed E-state index contributed by atoms with van der Waals surface area (Å²) in [5.41, 5.74) is -0.249. The Morgan fingerprint density at radius 1 is 1.69 bits per heavy atom. The maximum absolute atomic E-state index is 11.0. The number of fused-ring (bicyclic) bond motifs is 2. The Kier molecular flexibility index (Phi) is 1.79. The molecule has 13 heavy (non-hydrogen) atoms. The Balaban J connectivity index is 2.37. The topological polar surface area (TPSA) is 37.3 Å². The van der Waals surface area contributed by atoms with Gasteiger partial charge in [0.1, 0.15) is 0 Å². The molecule has 2 nitrogen and oxygen atoms in total. The molecular formula is C11H14O2. The summed E-state index contributed by atoms with van der Waals surface area (Å²) in [5, 5.41) is 9.07. The highest BCUT2D eigenvalue weighted by Crippen LogP contribution is 2.50. The number of rotatable bonds is 2. The largest absolute Gasteiger partial charge is 0.481 e. The molecule has 0 aromatic rings. The van der Waals surface area contributed by atoms with Crippen molar-refractivity contribution in [1.29, 1.82) is 0 Å². The lowest BCUT2D eigenvalue weighted by Crippen LogP contribution is -2.41. The zero-order valence-corrected chi connectivity index (χ0v) is 7.57. The molecule has 1 fully saturated rings. The van der Waals surface area contributed by atoms with E-state index in [-0.39, 0.29) is 11.3 Å². The predicted octanol–water partition coefficient (Wildman–Crippen LogP) is 2.23. The summed E-state index contributed by atoms with van der Waals surface area (Å²) in [6, 6.07) is 0. The molecular weight excluding hydrogens is 164 g/mol. The Morgan fingerprint density at radius 2 is 2.46 bits per heavy atom. The fourth-order valence-electron chi connectivity index (χ4n) is 2.58. The van der Waals surface area contributed by atoms with E-state index >= 15 is 0 Å². The SMILES string of the molecule is C=C[C@@]12C=C[C@@H](CC1)C[C@@H]2C(=O)O. The molecule has 2 bridgehead atoms. The van der Waals surface area contributed by atoms with E-state index < -0.39 is 5.97 Å². The van der Waals surface area contributed by atoms with Crippen LogP contribution in [-0.2, 0) is 4.79 Å². The van der Waals surface area contributed by atoms with Crippen molar-refractivity contribution in [3.8, 4) is 0 Å². The molecule has 1 N–H and O–H groups in total. The van der Waals surface area contributed by atoms with Crippen molar-refractivity contribution in [2.24, 2.45) is 17.3 Å². The predicted molar refractivity (Wildman–Crippen MR) is 50.2 cm³/mol. The van der Waals surface area contributed by atoms with Crippen LogP contribution in [0.25, 0.3) is 0 Å². The van der Waals surface area contributed by atoms with Gasteiger partial charge in [-0.25, -0.2) is 0 Å². The van der Waals surface area contributed by atoms with Crippen molar-refractivity contribution in [3.63, 3.8) is 0 Å². The molecule has 0 unspecified atom stereocenters. The van der Waals surface area contributed by atoms with Crippen LogP contribution < -0.4 is 0 Å². The van der Waals surface area contributed by atoms with Crippen molar-refractivity contribution in [2.45, 2.75) is 19.3 Å². The van der Waals surface area contributed by atoms with Crippen LogP contribution >= 0.6 is 0 Å². The van der Waals surface area contributed by atoms with Crippen LogP contribution in [0.2, 0.25) is 0 Å². The Morgan fingerprint density at radius 3 is 2.85 bits per heavy atom. The maximum Gasteiger partial charge on any atom is 0.307 e. The minimum Gasteiger partial charge on any atom is -0.481 e. The number of carboxylic acid groups (broad SMARTS) is 1. The van der Waals surface area contributed by atoms with Crippen molar-refractivity contribution >= 4 is 5.97 Å². The molecule has 2 heteroatoms. The first kappa shape index (κ1) is 8.54. The van der Waals surface area contributed by atoms with Gasteiger partial charge in [0.05, 0.1) is 5.92 Å². The van der Waals surface area contributed by atoms with E-state index in [1.54, 1.807) is 0 Å². The molecule has 3 aliphatic rings. The van der Waals surface area contributed by atoms with E-state index in [9.17, 15) is 4.79 Å². The number of aliphatic carboxylic acids is 1. The van der Waals surface area contributed by atoms with Crippen molar-refractivity contribution in [3.05, 3.63) is 24.8 Å². The van der Waals surface area contributed by atoms with Gasteiger partial charge >= 0.3 is 5.97 Å². The van der Waals surface area contributed by atoms with E-state index in [0.717, 1.165) is 19.3 Å². The molecule has 0 aromatic heterocycles. The standard InChI is InChI=1S/C11H14O2/c1-2-11-5-3-8(4-6-11)7-9(11)10(12)13/h2-3,5,8-9H,1,4,6-7H2,(H,12,13)/t8-,9+,11+/m0/s1. The van der Waals surface area contributed by atoms with Gasteiger partial charge in [-0.2, -0.15) is 0 Å². The summed E-state index contributed by atoms with van der Waals surface area (Å²) in [7, 11) is 0. The number of carboxylic acids is 1. The van der Waals surface area contributed by atoms with Gasteiger partial charge in [0.15, 0.2) is 0 Å². The molecule has 0 heterocycles. The van der Waals surface area contributed by atoms with Gasteiger partial charge < -0.3 is 5.11 Å². The molecule has 0 radical (unpaired) electrons. The molecule has 0 aromatic carbocycles. The average molecular weight is 178 g/mol. The van der Waals surface area contributed by atoms with Gasteiger partial charge in [0.2, 0.25) is 0 Å². The lowest BCUT2D eigenvalue weighted by molar-refractivity contribution is -0.146. The van der Waals surface area contributed by atoms with Crippen LogP contribution in [0.5, 0.6) is 0 Å². The third kappa shape index (κ3) is 1.12. The molecule has 0 aliphatic heterocycles. The quantitative estimate of drug-likeness (QED) is 0.658. The molecule has 3 rings (SSSR count). The minimum absolute atomic E-state index is 0.242. The van der Waals surface area contributed by atoms with Gasteiger partial charge in [-0.1, -0.05) is 18.2 Å². The zero-order chi connectivity index (χ0) is 9.47. The molecule has 0 saturated heterocycles. The zero-order valence-electron chi connectivity index (χ0n) is 7.57. The fraction of sp³-hybridized carbons (Fsp3) is 0.545. The lowest BCUT2D eigenvalue weighted by atomic mass is 9.59. The number of carbonyl (C=O) groups is 1.